The Labute approximate surface area is 253 Å². The van der Waals surface area contributed by atoms with Crippen LogP contribution in [0.25, 0.3) is 5.65 Å². The highest BCUT2D eigenvalue weighted by atomic mass is 79.9. The minimum atomic E-state index is -0.850. The van der Waals surface area contributed by atoms with Gasteiger partial charge in [0, 0.05) is 30.7 Å². The lowest BCUT2D eigenvalue weighted by Gasteiger charge is -2.04. The fraction of sp³-hybridized carbons (Fsp3) is 0.375. The molecule has 3 rings (SSSR count). The molecule has 40 heavy (non-hydrogen) atoms. The van der Waals surface area contributed by atoms with Gasteiger partial charge in [0.15, 0.2) is 17.2 Å². The second-order valence-electron chi connectivity index (χ2n) is 7.55. The molecular formula is C24H27Br3F2N4O7. The van der Waals surface area contributed by atoms with Gasteiger partial charge in [-0.2, -0.15) is 8.78 Å². The van der Waals surface area contributed by atoms with E-state index in [-0.39, 0.29) is 58.7 Å². The number of hydrogen-bond donors (Lipinski definition) is 2. The lowest BCUT2D eigenvalue weighted by molar-refractivity contribution is -0.143. The zero-order valence-electron chi connectivity index (χ0n) is 21.7. The van der Waals surface area contributed by atoms with Gasteiger partial charge in [-0.15, -0.1) is 0 Å². The van der Waals surface area contributed by atoms with Gasteiger partial charge in [-0.25, -0.2) is 4.98 Å². The second-order valence-corrected chi connectivity index (χ2v) is 9.82. The fourth-order valence-corrected chi connectivity index (χ4v) is 3.91. The van der Waals surface area contributed by atoms with Crippen molar-refractivity contribution in [3.63, 3.8) is 0 Å². The smallest absolute Gasteiger partial charge is 0.306 e. The minimum absolute atomic E-state index is 0.0189. The lowest BCUT2D eigenvalue weighted by atomic mass is 10.2. The first kappa shape index (κ1) is 35.2. The van der Waals surface area contributed by atoms with Crippen molar-refractivity contribution < 1.29 is 37.4 Å². The van der Waals surface area contributed by atoms with E-state index in [1.165, 1.54) is 31.0 Å². The first-order chi connectivity index (χ1) is 18.9. The Bertz CT molecular complexity index is 1370. The standard InChI is InChI=1S/C12H12BrFN2O3.C6H6BrFN2O.C6H9BrO3/c1-2-19-9(17)4-3-7-5-16-6-8(13)11(18)10(14)12(16)15-7;1-11-5-3(7)2-10-6(9)4(5)8;1-10-6(9)3-2-5(8)4-7/h5-6,15H,2-4H2,1H3;2H,1H3,(H2,9,10);2-4H2,1H3. The van der Waals surface area contributed by atoms with E-state index in [9.17, 15) is 28.0 Å². The zero-order valence-corrected chi connectivity index (χ0v) is 26.5. The molecule has 0 amide bonds. The first-order valence-corrected chi connectivity index (χ1v) is 14.1. The number of nitrogens with one attached hydrogen (secondary N) is 1. The number of pyridine rings is 2. The van der Waals surface area contributed by atoms with Gasteiger partial charge in [0.25, 0.3) is 0 Å². The Morgan fingerprint density at radius 2 is 1.73 bits per heavy atom. The summed E-state index contributed by atoms with van der Waals surface area (Å²) in [6.07, 6.45) is 5.54. The monoisotopic (exact) mass is 758 g/mol. The summed E-state index contributed by atoms with van der Waals surface area (Å²) in [4.78, 5) is 50.0. The second kappa shape index (κ2) is 17.8. The van der Waals surface area contributed by atoms with E-state index in [2.05, 4.69) is 62.5 Å². The number of esters is 2. The Kier molecular flexibility index (Phi) is 15.6. The average Bonchev–Trinajstić information content (AvgIpc) is 3.35. The largest absolute Gasteiger partial charge is 0.492 e. The number of halogens is 5. The van der Waals surface area contributed by atoms with Crippen molar-refractivity contribution in [2.45, 2.75) is 32.6 Å². The number of methoxy groups -OCH3 is 2. The third-order valence-electron chi connectivity index (χ3n) is 4.76. The molecule has 0 bridgehead atoms. The summed E-state index contributed by atoms with van der Waals surface area (Å²) in [5.74, 6) is -2.20. The fourth-order valence-electron chi connectivity index (χ4n) is 2.80. The number of carbonyl (C=O) groups excluding carboxylic acids is 3. The molecule has 0 atom stereocenters. The zero-order chi connectivity index (χ0) is 30.4. The van der Waals surface area contributed by atoms with Crippen LogP contribution in [-0.2, 0) is 30.3 Å². The maximum atomic E-state index is 13.7. The highest BCUT2D eigenvalue weighted by molar-refractivity contribution is 9.11. The molecule has 220 valence electrons. The predicted octanol–water partition coefficient (Wildman–Crippen LogP) is 4.50. The van der Waals surface area contributed by atoms with Crippen molar-refractivity contribution >= 4 is 77.0 Å². The molecule has 0 aromatic carbocycles. The van der Waals surface area contributed by atoms with Crippen LogP contribution in [0, 0.1) is 11.6 Å². The third kappa shape index (κ3) is 11.0. The highest BCUT2D eigenvalue weighted by Gasteiger charge is 2.13. The maximum absolute atomic E-state index is 13.7. The quantitative estimate of drug-likeness (QED) is 0.237. The van der Waals surface area contributed by atoms with Gasteiger partial charge in [0.05, 0.1) is 47.9 Å². The molecule has 3 heterocycles. The highest BCUT2D eigenvalue weighted by Crippen LogP contribution is 2.29. The number of fused-ring (bicyclic) bond motifs is 1. The number of hydrogen-bond acceptors (Lipinski definition) is 9. The molecule has 0 spiro atoms. The summed E-state index contributed by atoms with van der Waals surface area (Å²) in [5, 5.41) is 0.310. The van der Waals surface area contributed by atoms with Crippen molar-refractivity contribution in [2.75, 3.05) is 31.9 Å². The van der Waals surface area contributed by atoms with Gasteiger partial charge in [-0.05, 0) is 45.2 Å². The molecule has 16 heteroatoms. The van der Waals surface area contributed by atoms with E-state index >= 15 is 0 Å². The summed E-state index contributed by atoms with van der Waals surface area (Å²) >= 11 is 9.04. The first-order valence-electron chi connectivity index (χ1n) is 11.4. The Balaban J connectivity index is 0.000000326. The summed E-state index contributed by atoms with van der Waals surface area (Å²) in [5.41, 5.74) is 5.23. The average molecular weight is 761 g/mol. The number of nitrogen functional groups attached to an aromatic ring is 1. The van der Waals surface area contributed by atoms with E-state index in [0.29, 0.717) is 28.5 Å². The minimum Gasteiger partial charge on any atom is -0.492 e. The Hall–Kier alpha value is -2.85. The van der Waals surface area contributed by atoms with E-state index in [0.717, 1.165) is 0 Å². The maximum Gasteiger partial charge on any atom is 0.306 e. The van der Waals surface area contributed by atoms with Crippen LogP contribution in [-0.4, -0.2) is 58.2 Å². The molecule has 3 aromatic heterocycles. The molecule has 3 aromatic rings. The van der Waals surface area contributed by atoms with Gasteiger partial charge in [-0.1, -0.05) is 15.9 Å². The van der Waals surface area contributed by atoms with Crippen LogP contribution in [0.1, 0.15) is 31.9 Å². The number of aryl methyl sites for hydroxylation is 1. The molecule has 3 N–H and O–H groups in total. The molecule has 0 saturated carbocycles. The molecule has 0 aliphatic carbocycles. The number of aromatic nitrogens is 3. The van der Waals surface area contributed by atoms with Crippen LogP contribution in [0.5, 0.6) is 5.75 Å². The molecule has 11 nitrogen and oxygen atoms in total. The normalized spacial score (nSPS) is 10.1. The SMILES string of the molecule is CCOC(=O)CCc1cn2cc(Br)c(=O)c(F)c2[nH]1.COC(=O)CCC(=O)CBr.COc1c(Br)cnc(N)c1F. The molecule has 0 aliphatic heterocycles. The van der Waals surface area contributed by atoms with Gasteiger partial charge >= 0.3 is 11.9 Å². The predicted molar refractivity (Wildman–Crippen MR) is 154 cm³/mol. The molecule has 0 unspecified atom stereocenters. The van der Waals surface area contributed by atoms with Crippen LogP contribution >= 0.6 is 47.8 Å². The van der Waals surface area contributed by atoms with Crippen molar-refractivity contribution in [1.82, 2.24) is 14.4 Å². The number of Topliss-reactive ketones (excluding diaryl/α,β-unsaturated/α-hetero) is 1. The Morgan fingerprint density at radius 1 is 1.05 bits per heavy atom. The van der Waals surface area contributed by atoms with Crippen molar-refractivity contribution in [3.8, 4) is 5.75 Å². The number of nitrogens with two attached hydrogens (primary N) is 1. The van der Waals surface area contributed by atoms with Gasteiger partial charge < -0.3 is 29.3 Å². The van der Waals surface area contributed by atoms with Crippen LogP contribution in [0.2, 0.25) is 0 Å². The lowest BCUT2D eigenvalue weighted by Crippen LogP contribution is -2.09. The summed E-state index contributed by atoms with van der Waals surface area (Å²) in [6.45, 7) is 2.07. The van der Waals surface area contributed by atoms with Crippen LogP contribution < -0.4 is 15.9 Å². The molecule has 0 fully saturated rings. The number of H-pyrrole nitrogens is 1. The number of rotatable bonds is 9. The summed E-state index contributed by atoms with van der Waals surface area (Å²) < 4.78 is 42.6. The number of carbonyl (C=O) groups is 3. The van der Waals surface area contributed by atoms with Crippen molar-refractivity contribution in [3.05, 3.63) is 55.1 Å². The van der Waals surface area contributed by atoms with E-state index in [4.69, 9.17) is 15.2 Å². The number of alkyl halides is 1. The molecular weight excluding hydrogens is 734 g/mol. The van der Waals surface area contributed by atoms with Gasteiger partial charge in [0.2, 0.25) is 17.1 Å². The topological polar surface area (TPSA) is 155 Å². The summed E-state index contributed by atoms with van der Waals surface area (Å²) in [6, 6.07) is 0. The van der Waals surface area contributed by atoms with Gasteiger partial charge in [-0.3, -0.25) is 19.2 Å². The number of anilines is 1. The van der Waals surface area contributed by atoms with E-state index < -0.39 is 17.1 Å². The molecule has 0 aliphatic rings. The van der Waals surface area contributed by atoms with Crippen LogP contribution in [0.15, 0.2) is 32.3 Å². The number of ether oxygens (including phenoxy) is 3. The van der Waals surface area contributed by atoms with Crippen LogP contribution in [0.4, 0.5) is 14.6 Å². The van der Waals surface area contributed by atoms with E-state index in [1.807, 2.05) is 0 Å². The molecule has 0 saturated heterocycles. The van der Waals surface area contributed by atoms with Crippen LogP contribution in [0.3, 0.4) is 0 Å². The van der Waals surface area contributed by atoms with Crippen molar-refractivity contribution in [2.24, 2.45) is 0 Å². The van der Waals surface area contributed by atoms with E-state index in [1.54, 1.807) is 13.1 Å². The van der Waals surface area contributed by atoms with Gasteiger partial charge in [0.1, 0.15) is 5.78 Å². The van der Waals surface area contributed by atoms with Crippen molar-refractivity contribution in [1.29, 1.82) is 0 Å². The number of aromatic amines is 1. The Morgan fingerprint density at radius 3 is 2.27 bits per heavy atom. The molecule has 0 radical (unpaired) electrons. The number of nitrogens with zero attached hydrogens (tertiary/aromatic N) is 2. The third-order valence-corrected chi connectivity index (χ3v) is 6.51. The number of ketones is 1. The number of imidazole rings is 1. The summed E-state index contributed by atoms with van der Waals surface area (Å²) in [7, 11) is 2.67.